The Labute approximate surface area is 191 Å². The van der Waals surface area contributed by atoms with Crippen LogP contribution in [0.15, 0.2) is 54.9 Å². The second-order valence-corrected chi connectivity index (χ2v) is 7.72. The van der Waals surface area contributed by atoms with Gasteiger partial charge in [0.25, 0.3) is 11.8 Å². The van der Waals surface area contributed by atoms with Crippen LogP contribution in [0.3, 0.4) is 0 Å². The number of rotatable bonds is 7. The molecule has 9 heteroatoms. The van der Waals surface area contributed by atoms with E-state index >= 15 is 0 Å². The number of nitrogens with one attached hydrogen (secondary N) is 2. The third-order valence-corrected chi connectivity index (χ3v) is 5.44. The van der Waals surface area contributed by atoms with Crippen LogP contribution < -0.4 is 16.4 Å². The van der Waals surface area contributed by atoms with Gasteiger partial charge in [0.1, 0.15) is 12.1 Å². The van der Waals surface area contributed by atoms with Crippen molar-refractivity contribution in [3.63, 3.8) is 0 Å². The van der Waals surface area contributed by atoms with Crippen LogP contribution in [-0.4, -0.2) is 31.6 Å². The Balaban J connectivity index is 1.55. The number of aryl methyl sites for hydroxylation is 2. The molecule has 0 saturated heterocycles. The Kier molecular flexibility index (Phi) is 6.03. The van der Waals surface area contributed by atoms with Gasteiger partial charge in [0, 0.05) is 23.3 Å². The van der Waals surface area contributed by atoms with Crippen molar-refractivity contribution in [1.29, 1.82) is 0 Å². The molecule has 33 heavy (non-hydrogen) atoms. The molecule has 9 nitrogen and oxygen atoms in total. The van der Waals surface area contributed by atoms with Gasteiger partial charge in [-0.25, -0.2) is 9.97 Å². The summed E-state index contributed by atoms with van der Waals surface area (Å²) in [4.78, 5) is 33.0. The van der Waals surface area contributed by atoms with Gasteiger partial charge >= 0.3 is 0 Å². The molecule has 2 aromatic carbocycles. The first-order valence-electron chi connectivity index (χ1n) is 10.6. The van der Waals surface area contributed by atoms with Crippen LogP contribution in [0.2, 0.25) is 0 Å². The van der Waals surface area contributed by atoms with E-state index in [-0.39, 0.29) is 11.9 Å². The highest BCUT2D eigenvalue weighted by Crippen LogP contribution is 2.27. The standard InChI is InChI=1S/C24H25N7O2/c1-4-31-14(2)11-20(30-31)24(33)29-17-8-5-7-16(12-17)15(3)28-23-19-10-6-9-18(22(25)32)21(19)26-13-27-23/h5-13,15H,4H2,1-3H3,(H2,25,32)(H,29,33)(H,26,27,28)/t15-/m1/s1. The van der Waals surface area contributed by atoms with Crippen LogP contribution in [0.5, 0.6) is 0 Å². The Hall–Kier alpha value is -4.27. The largest absolute Gasteiger partial charge is 0.366 e. The SMILES string of the molecule is CCn1nc(C(=O)Nc2cccc([C@@H](C)Nc3ncnc4c(C(N)=O)cccc34)c2)cc1C. The molecular weight excluding hydrogens is 418 g/mol. The van der Waals surface area contributed by atoms with Crippen LogP contribution in [0.25, 0.3) is 10.9 Å². The minimum Gasteiger partial charge on any atom is -0.366 e. The first-order valence-corrected chi connectivity index (χ1v) is 10.6. The molecule has 2 heterocycles. The van der Waals surface area contributed by atoms with Crippen molar-refractivity contribution in [2.45, 2.75) is 33.4 Å². The number of amides is 2. The molecule has 2 amide bonds. The summed E-state index contributed by atoms with van der Waals surface area (Å²) >= 11 is 0. The van der Waals surface area contributed by atoms with E-state index in [1.807, 2.05) is 51.1 Å². The van der Waals surface area contributed by atoms with Crippen molar-refractivity contribution in [3.05, 3.63) is 77.4 Å². The van der Waals surface area contributed by atoms with E-state index in [2.05, 4.69) is 25.7 Å². The number of primary amides is 1. The van der Waals surface area contributed by atoms with Crippen LogP contribution >= 0.6 is 0 Å². The lowest BCUT2D eigenvalue weighted by Gasteiger charge is -2.17. The zero-order chi connectivity index (χ0) is 23.5. The monoisotopic (exact) mass is 443 g/mol. The predicted molar refractivity (Wildman–Crippen MR) is 127 cm³/mol. The van der Waals surface area contributed by atoms with Crippen LogP contribution in [0.4, 0.5) is 11.5 Å². The Morgan fingerprint density at radius 1 is 1.12 bits per heavy atom. The number of carbonyl (C=O) groups excluding carboxylic acids is 2. The molecule has 1 atom stereocenters. The molecule has 0 unspecified atom stereocenters. The summed E-state index contributed by atoms with van der Waals surface area (Å²) in [7, 11) is 0. The number of aromatic nitrogens is 4. The first kappa shape index (κ1) is 21.9. The summed E-state index contributed by atoms with van der Waals surface area (Å²) in [6.07, 6.45) is 1.40. The molecular formula is C24H25N7O2. The van der Waals surface area contributed by atoms with E-state index in [0.29, 0.717) is 40.2 Å². The second kappa shape index (κ2) is 9.07. The number of benzene rings is 2. The van der Waals surface area contributed by atoms with Gasteiger partial charge < -0.3 is 16.4 Å². The van der Waals surface area contributed by atoms with E-state index in [9.17, 15) is 9.59 Å². The summed E-state index contributed by atoms with van der Waals surface area (Å²) in [5.74, 6) is -0.213. The van der Waals surface area contributed by atoms with Crippen molar-refractivity contribution in [3.8, 4) is 0 Å². The maximum atomic E-state index is 12.6. The van der Waals surface area contributed by atoms with Gasteiger partial charge in [0.15, 0.2) is 5.69 Å². The lowest BCUT2D eigenvalue weighted by Crippen LogP contribution is -2.15. The Morgan fingerprint density at radius 3 is 2.64 bits per heavy atom. The second-order valence-electron chi connectivity index (χ2n) is 7.72. The topological polar surface area (TPSA) is 128 Å². The maximum absolute atomic E-state index is 12.6. The van der Waals surface area contributed by atoms with E-state index in [0.717, 1.165) is 11.3 Å². The number of nitrogens with zero attached hydrogens (tertiary/aromatic N) is 4. The van der Waals surface area contributed by atoms with Gasteiger partial charge in [-0.15, -0.1) is 0 Å². The van der Waals surface area contributed by atoms with E-state index in [4.69, 9.17) is 5.73 Å². The number of para-hydroxylation sites is 1. The Morgan fingerprint density at radius 2 is 1.91 bits per heavy atom. The summed E-state index contributed by atoms with van der Waals surface area (Å²) < 4.78 is 1.78. The molecule has 0 spiro atoms. The molecule has 0 saturated carbocycles. The number of hydrogen-bond acceptors (Lipinski definition) is 6. The smallest absolute Gasteiger partial charge is 0.276 e. The number of nitrogens with two attached hydrogens (primary N) is 1. The molecule has 4 aromatic rings. The third kappa shape index (κ3) is 4.52. The molecule has 168 valence electrons. The minimum absolute atomic E-state index is 0.140. The molecule has 0 fully saturated rings. The molecule has 0 aliphatic rings. The molecule has 0 bridgehead atoms. The summed E-state index contributed by atoms with van der Waals surface area (Å²) in [5.41, 5.74) is 9.24. The average Bonchev–Trinajstić information content (AvgIpc) is 3.19. The van der Waals surface area contributed by atoms with Crippen molar-refractivity contribution < 1.29 is 9.59 Å². The lowest BCUT2D eigenvalue weighted by atomic mass is 10.1. The summed E-state index contributed by atoms with van der Waals surface area (Å²) in [5, 5.41) is 11.3. The number of fused-ring (bicyclic) bond motifs is 1. The lowest BCUT2D eigenvalue weighted by molar-refractivity contribution is 0.0998. The van der Waals surface area contributed by atoms with Gasteiger partial charge in [-0.2, -0.15) is 5.10 Å². The fourth-order valence-electron chi connectivity index (χ4n) is 3.71. The van der Waals surface area contributed by atoms with Gasteiger partial charge in [-0.1, -0.05) is 18.2 Å². The van der Waals surface area contributed by atoms with E-state index in [1.54, 1.807) is 22.9 Å². The normalized spacial score (nSPS) is 11.8. The fourth-order valence-corrected chi connectivity index (χ4v) is 3.71. The van der Waals surface area contributed by atoms with Crippen molar-refractivity contribution in [2.75, 3.05) is 10.6 Å². The predicted octanol–water partition coefficient (Wildman–Crippen LogP) is 3.68. The van der Waals surface area contributed by atoms with Crippen LogP contribution in [-0.2, 0) is 6.54 Å². The summed E-state index contributed by atoms with van der Waals surface area (Å²) in [6.45, 7) is 6.59. The number of hydrogen-bond donors (Lipinski definition) is 3. The highest BCUT2D eigenvalue weighted by molar-refractivity contribution is 6.07. The Bertz CT molecular complexity index is 1350. The highest BCUT2D eigenvalue weighted by atomic mass is 16.2. The van der Waals surface area contributed by atoms with E-state index in [1.165, 1.54) is 6.33 Å². The van der Waals surface area contributed by atoms with Crippen LogP contribution in [0, 0.1) is 6.92 Å². The van der Waals surface area contributed by atoms with Gasteiger partial charge in [0.05, 0.1) is 17.1 Å². The third-order valence-electron chi connectivity index (χ3n) is 5.44. The molecule has 0 aliphatic heterocycles. The van der Waals surface area contributed by atoms with Gasteiger partial charge in [-0.3, -0.25) is 14.3 Å². The van der Waals surface area contributed by atoms with Crippen molar-refractivity contribution in [2.24, 2.45) is 5.73 Å². The minimum atomic E-state index is -0.541. The van der Waals surface area contributed by atoms with E-state index < -0.39 is 5.91 Å². The summed E-state index contributed by atoms with van der Waals surface area (Å²) in [6, 6.07) is 14.4. The van der Waals surface area contributed by atoms with Crippen molar-refractivity contribution in [1.82, 2.24) is 19.7 Å². The maximum Gasteiger partial charge on any atom is 0.276 e. The van der Waals surface area contributed by atoms with Gasteiger partial charge in [-0.05, 0) is 56.7 Å². The zero-order valence-corrected chi connectivity index (χ0v) is 18.7. The van der Waals surface area contributed by atoms with Crippen LogP contribution in [0.1, 0.15) is 52.0 Å². The molecule has 4 rings (SSSR count). The highest BCUT2D eigenvalue weighted by Gasteiger charge is 2.15. The fraction of sp³-hybridized carbons (Fsp3) is 0.208. The average molecular weight is 444 g/mol. The molecule has 0 aliphatic carbocycles. The van der Waals surface area contributed by atoms with Gasteiger partial charge in [0.2, 0.25) is 0 Å². The molecule has 4 N–H and O–H groups in total. The molecule has 0 radical (unpaired) electrons. The quantitative estimate of drug-likeness (QED) is 0.400. The first-order chi connectivity index (χ1) is 15.9. The number of anilines is 2. The molecule has 2 aromatic heterocycles. The number of carbonyl (C=O) groups is 2. The van der Waals surface area contributed by atoms with Crippen molar-refractivity contribution >= 4 is 34.2 Å². The zero-order valence-electron chi connectivity index (χ0n) is 18.7.